The number of benzene rings is 1. The summed E-state index contributed by atoms with van der Waals surface area (Å²) < 4.78 is 13.6. The van der Waals surface area contributed by atoms with Crippen LogP contribution in [0, 0.1) is 15.9 Å². The van der Waals surface area contributed by atoms with E-state index >= 15 is 0 Å². The lowest BCUT2D eigenvalue weighted by atomic mass is 10.1. The third-order valence-electron chi connectivity index (χ3n) is 3.78. The zero-order valence-corrected chi connectivity index (χ0v) is 11.9. The van der Waals surface area contributed by atoms with Crippen molar-refractivity contribution in [3.8, 4) is 0 Å². The lowest BCUT2D eigenvalue weighted by Gasteiger charge is -2.32. The molecular formula is C14H20FN3O2. The van der Waals surface area contributed by atoms with Crippen LogP contribution in [-0.4, -0.2) is 42.5 Å². The Morgan fingerprint density at radius 3 is 2.80 bits per heavy atom. The maximum absolute atomic E-state index is 13.6. The summed E-state index contributed by atoms with van der Waals surface area (Å²) >= 11 is 0. The Hall–Kier alpha value is -1.69. The van der Waals surface area contributed by atoms with Crippen LogP contribution in [0.3, 0.4) is 0 Å². The van der Waals surface area contributed by atoms with Crippen LogP contribution in [0.15, 0.2) is 18.2 Å². The Morgan fingerprint density at radius 2 is 2.15 bits per heavy atom. The minimum absolute atomic E-state index is 0.188. The van der Waals surface area contributed by atoms with Crippen molar-refractivity contribution in [3.63, 3.8) is 0 Å². The van der Waals surface area contributed by atoms with Gasteiger partial charge in [0.1, 0.15) is 5.82 Å². The first kappa shape index (κ1) is 14.7. The molecule has 2 rings (SSSR count). The number of anilines is 1. The van der Waals surface area contributed by atoms with Crippen LogP contribution in [0.1, 0.15) is 19.8 Å². The molecule has 0 radical (unpaired) electrons. The van der Waals surface area contributed by atoms with Gasteiger partial charge < -0.3 is 9.80 Å². The van der Waals surface area contributed by atoms with Gasteiger partial charge in [-0.25, -0.2) is 4.39 Å². The molecule has 1 aromatic rings. The van der Waals surface area contributed by atoms with Crippen molar-refractivity contribution in [1.82, 2.24) is 4.90 Å². The van der Waals surface area contributed by atoms with Crippen LogP contribution in [0.5, 0.6) is 0 Å². The van der Waals surface area contributed by atoms with Gasteiger partial charge in [-0.15, -0.1) is 0 Å². The summed E-state index contributed by atoms with van der Waals surface area (Å²) in [5.74, 6) is -0.554. The standard InChI is InChI=1S/C14H20FN3O2/c1-3-12-10-16(2)5-4-6-17(12)13-7-11(15)8-14(9-13)18(19)20/h7-9,12H,3-6,10H2,1-2H3. The van der Waals surface area contributed by atoms with Crippen LogP contribution in [0.25, 0.3) is 0 Å². The topological polar surface area (TPSA) is 49.6 Å². The minimum atomic E-state index is -0.554. The van der Waals surface area contributed by atoms with Crippen molar-refractivity contribution in [2.75, 3.05) is 31.6 Å². The van der Waals surface area contributed by atoms with Crippen LogP contribution < -0.4 is 4.90 Å². The number of nitro benzene ring substituents is 1. The van der Waals surface area contributed by atoms with Crippen molar-refractivity contribution in [2.45, 2.75) is 25.8 Å². The first-order valence-electron chi connectivity index (χ1n) is 6.91. The normalized spacial score (nSPS) is 20.8. The fourth-order valence-corrected chi connectivity index (χ4v) is 2.76. The second kappa shape index (κ2) is 6.17. The molecule has 0 saturated carbocycles. The van der Waals surface area contributed by atoms with Crippen molar-refractivity contribution < 1.29 is 9.31 Å². The molecule has 1 heterocycles. The molecule has 1 saturated heterocycles. The van der Waals surface area contributed by atoms with E-state index < -0.39 is 10.7 Å². The molecule has 0 aliphatic carbocycles. The fourth-order valence-electron chi connectivity index (χ4n) is 2.76. The second-order valence-electron chi connectivity index (χ2n) is 5.30. The smallest absolute Gasteiger partial charge is 0.274 e. The molecule has 0 amide bonds. The summed E-state index contributed by atoms with van der Waals surface area (Å²) in [6.07, 6.45) is 1.89. The van der Waals surface area contributed by atoms with Gasteiger partial charge in [0.15, 0.2) is 0 Å². The van der Waals surface area contributed by atoms with Crippen molar-refractivity contribution >= 4 is 11.4 Å². The monoisotopic (exact) mass is 281 g/mol. The molecule has 1 atom stereocenters. The number of hydrogen-bond donors (Lipinski definition) is 0. The lowest BCUT2D eigenvalue weighted by molar-refractivity contribution is -0.385. The van der Waals surface area contributed by atoms with Gasteiger partial charge in [0.05, 0.1) is 11.0 Å². The maximum atomic E-state index is 13.6. The Labute approximate surface area is 118 Å². The highest BCUT2D eigenvalue weighted by Crippen LogP contribution is 2.27. The van der Waals surface area contributed by atoms with Crippen LogP contribution in [0.2, 0.25) is 0 Å². The van der Waals surface area contributed by atoms with E-state index in [1.165, 1.54) is 12.1 Å². The van der Waals surface area contributed by atoms with E-state index in [1.54, 1.807) is 0 Å². The highest BCUT2D eigenvalue weighted by atomic mass is 19.1. The van der Waals surface area contributed by atoms with Gasteiger partial charge in [-0.05, 0) is 32.5 Å². The second-order valence-corrected chi connectivity index (χ2v) is 5.30. The number of hydrogen-bond acceptors (Lipinski definition) is 4. The maximum Gasteiger partial charge on any atom is 0.274 e. The Bertz CT molecular complexity index is 495. The molecule has 5 nitrogen and oxygen atoms in total. The average molecular weight is 281 g/mol. The highest BCUT2D eigenvalue weighted by Gasteiger charge is 2.24. The van der Waals surface area contributed by atoms with E-state index in [-0.39, 0.29) is 11.7 Å². The zero-order valence-electron chi connectivity index (χ0n) is 11.9. The van der Waals surface area contributed by atoms with Gasteiger partial charge in [-0.2, -0.15) is 0 Å². The molecule has 20 heavy (non-hydrogen) atoms. The number of likely N-dealkylation sites (N-methyl/N-ethyl adjacent to an activating group) is 1. The molecule has 1 aliphatic heterocycles. The number of non-ortho nitro benzene ring substituents is 1. The summed E-state index contributed by atoms with van der Waals surface area (Å²) in [4.78, 5) is 14.7. The Balaban J connectivity index is 2.34. The van der Waals surface area contributed by atoms with Gasteiger partial charge in [0.25, 0.3) is 5.69 Å². The molecule has 0 bridgehead atoms. The zero-order chi connectivity index (χ0) is 14.7. The highest BCUT2D eigenvalue weighted by molar-refractivity contribution is 5.54. The SMILES string of the molecule is CCC1CN(C)CCCN1c1cc(F)cc([N+](=O)[O-])c1. The van der Waals surface area contributed by atoms with E-state index in [1.807, 2.05) is 0 Å². The van der Waals surface area contributed by atoms with Crippen LogP contribution in [0.4, 0.5) is 15.8 Å². The van der Waals surface area contributed by atoms with Gasteiger partial charge in [0.2, 0.25) is 0 Å². The third-order valence-corrected chi connectivity index (χ3v) is 3.78. The average Bonchev–Trinajstić information content (AvgIpc) is 2.59. The molecule has 1 aromatic carbocycles. The van der Waals surface area contributed by atoms with E-state index in [0.29, 0.717) is 5.69 Å². The van der Waals surface area contributed by atoms with Crippen LogP contribution >= 0.6 is 0 Å². The molecular weight excluding hydrogens is 261 g/mol. The third kappa shape index (κ3) is 3.25. The molecule has 6 heteroatoms. The molecule has 1 fully saturated rings. The summed E-state index contributed by atoms with van der Waals surface area (Å²) in [5.41, 5.74) is 0.423. The van der Waals surface area contributed by atoms with Crippen LogP contribution in [-0.2, 0) is 0 Å². The summed E-state index contributed by atoms with van der Waals surface area (Å²) in [5, 5.41) is 10.9. The van der Waals surface area contributed by atoms with Gasteiger partial charge in [0, 0.05) is 30.9 Å². The number of nitro groups is 1. The molecule has 1 aliphatic rings. The van der Waals surface area contributed by atoms with Gasteiger partial charge in [-0.1, -0.05) is 6.92 Å². The van der Waals surface area contributed by atoms with E-state index in [9.17, 15) is 14.5 Å². The van der Waals surface area contributed by atoms with E-state index in [4.69, 9.17) is 0 Å². The summed E-state index contributed by atoms with van der Waals surface area (Å²) in [6, 6.07) is 4.08. The van der Waals surface area contributed by atoms with Crippen molar-refractivity contribution in [3.05, 3.63) is 34.1 Å². The Morgan fingerprint density at radius 1 is 1.40 bits per heavy atom. The molecule has 110 valence electrons. The van der Waals surface area contributed by atoms with Crippen molar-refractivity contribution in [1.29, 1.82) is 0 Å². The first-order valence-corrected chi connectivity index (χ1v) is 6.91. The predicted octanol–water partition coefficient (Wildman–Crippen LogP) is 2.65. The lowest BCUT2D eigenvalue weighted by Crippen LogP contribution is -2.39. The van der Waals surface area contributed by atoms with E-state index in [2.05, 4.69) is 23.8 Å². The largest absolute Gasteiger partial charge is 0.367 e. The summed E-state index contributed by atoms with van der Waals surface area (Å²) in [6.45, 7) is 4.76. The molecule has 0 aromatic heterocycles. The Kier molecular flexibility index (Phi) is 4.54. The number of nitrogens with zero attached hydrogens (tertiary/aromatic N) is 3. The van der Waals surface area contributed by atoms with Crippen molar-refractivity contribution in [2.24, 2.45) is 0 Å². The quantitative estimate of drug-likeness (QED) is 0.631. The predicted molar refractivity (Wildman–Crippen MR) is 76.6 cm³/mol. The van der Waals surface area contributed by atoms with Gasteiger partial charge in [-0.3, -0.25) is 10.1 Å². The first-order chi connectivity index (χ1) is 9.51. The van der Waals surface area contributed by atoms with E-state index in [0.717, 1.165) is 38.5 Å². The minimum Gasteiger partial charge on any atom is -0.367 e. The summed E-state index contributed by atoms with van der Waals surface area (Å²) in [7, 11) is 2.07. The van der Waals surface area contributed by atoms with Gasteiger partial charge >= 0.3 is 0 Å². The fraction of sp³-hybridized carbons (Fsp3) is 0.571. The number of rotatable bonds is 3. The molecule has 1 unspecified atom stereocenters. The molecule has 0 N–H and O–H groups in total. The molecule has 0 spiro atoms. The number of halogens is 1.